The number of Topliss-reactive ketones (excluding diaryl/α,β-unsaturated/α-hetero) is 1. The molecular formula is C13H15NO3S. The summed E-state index contributed by atoms with van der Waals surface area (Å²) in [6.45, 7) is 1.65. The molecule has 1 aromatic rings. The number of piperidine rings is 1. The molecule has 2 bridgehead atoms. The number of sulfone groups is 1. The summed E-state index contributed by atoms with van der Waals surface area (Å²) in [5, 5.41) is -0.778. The van der Waals surface area contributed by atoms with Gasteiger partial charge in [-0.3, -0.25) is 9.69 Å². The summed E-state index contributed by atoms with van der Waals surface area (Å²) in [6.07, 6.45) is 0. The van der Waals surface area contributed by atoms with Gasteiger partial charge < -0.3 is 0 Å². The van der Waals surface area contributed by atoms with Crippen LogP contribution >= 0.6 is 0 Å². The topological polar surface area (TPSA) is 54.5 Å². The molecule has 5 heteroatoms. The molecule has 4 nitrogen and oxygen atoms in total. The van der Waals surface area contributed by atoms with Crippen molar-refractivity contribution in [3.05, 3.63) is 35.9 Å². The van der Waals surface area contributed by atoms with E-state index in [0.717, 1.165) is 12.1 Å². The monoisotopic (exact) mass is 265 g/mol. The zero-order valence-corrected chi connectivity index (χ0v) is 10.8. The Hall–Kier alpha value is -1.20. The summed E-state index contributed by atoms with van der Waals surface area (Å²) in [5.41, 5.74) is 1.16. The van der Waals surface area contributed by atoms with Crippen molar-refractivity contribution in [3.8, 4) is 0 Å². The number of rotatable bonds is 2. The normalized spacial score (nSPS) is 30.6. The molecule has 0 amide bonds. The third kappa shape index (κ3) is 1.97. The number of hydrogen-bond donors (Lipinski definition) is 0. The molecular weight excluding hydrogens is 250 g/mol. The van der Waals surface area contributed by atoms with E-state index in [0.29, 0.717) is 13.1 Å². The first-order chi connectivity index (χ1) is 8.56. The van der Waals surface area contributed by atoms with Crippen molar-refractivity contribution in [2.24, 2.45) is 5.92 Å². The van der Waals surface area contributed by atoms with E-state index < -0.39 is 15.1 Å². The van der Waals surface area contributed by atoms with Crippen LogP contribution in [-0.2, 0) is 21.2 Å². The highest BCUT2D eigenvalue weighted by molar-refractivity contribution is 7.93. The number of fused-ring (bicyclic) bond motifs is 2. The molecule has 2 atom stereocenters. The van der Waals surface area contributed by atoms with Crippen molar-refractivity contribution in [2.45, 2.75) is 11.8 Å². The number of likely N-dealkylation sites (tertiary alicyclic amines) is 1. The van der Waals surface area contributed by atoms with Crippen LogP contribution in [0, 0.1) is 5.92 Å². The Morgan fingerprint density at radius 2 is 1.89 bits per heavy atom. The second-order valence-corrected chi connectivity index (χ2v) is 7.33. The van der Waals surface area contributed by atoms with Crippen LogP contribution in [0.25, 0.3) is 0 Å². The molecule has 0 aromatic heterocycles. The average molecular weight is 265 g/mol. The Morgan fingerprint density at radius 1 is 1.17 bits per heavy atom. The van der Waals surface area contributed by atoms with Gasteiger partial charge in [0.15, 0.2) is 15.6 Å². The van der Waals surface area contributed by atoms with E-state index in [1.165, 1.54) is 0 Å². The first-order valence-corrected chi connectivity index (χ1v) is 7.79. The Bertz CT molecular complexity index is 567. The number of carbonyl (C=O) groups is 1. The lowest BCUT2D eigenvalue weighted by molar-refractivity contribution is -0.124. The molecule has 0 N–H and O–H groups in total. The highest BCUT2D eigenvalue weighted by Crippen LogP contribution is 2.29. The summed E-state index contributed by atoms with van der Waals surface area (Å²) < 4.78 is 23.6. The SMILES string of the molecule is O=C1[C@H]2CN(Cc3ccccc3)C[C@@H]1S(=O)(=O)C2. The van der Waals surface area contributed by atoms with Gasteiger partial charge in [0, 0.05) is 25.6 Å². The first kappa shape index (κ1) is 11.9. The van der Waals surface area contributed by atoms with Gasteiger partial charge in [-0.1, -0.05) is 30.3 Å². The van der Waals surface area contributed by atoms with E-state index >= 15 is 0 Å². The van der Waals surface area contributed by atoms with E-state index in [9.17, 15) is 13.2 Å². The fourth-order valence-corrected chi connectivity index (χ4v) is 4.90. The molecule has 0 aliphatic carbocycles. The molecule has 0 saturated carbocycles. The molecule has 18 heavy (non-hydrogen) atoms. The molecule has 0 radical (unpaired) electrons. The molecule has 2 fully saturated rings. The third-order valence-corrected chi connectivity index (χ3v) is 5.85. The summed E-state index contributed by atoms with van der Waals surface area (Å²) in [7, 11) is -3.19. The summed E-state index contributed by atoms with van der Waals surface area (Å²) in [4.78, 5) is 13.9. The summed E-state index contributed by atoms with van der Waals surface area (Å²) in [6, 6.07) is 9.93. The zero-order valence-electron chi connectivity index (χ0n) is 9.95. The number of carbonyl (C=O) groups excluding carboxylic acids is 1. The molecule has 2 heterocycles. The highest BCUT2D eigenvalue weighted by Gasteiger charge is 2.50. The van der Waals surface area contributed by atoms with Crippen LogP contribution in [-0.4, -0.2) is 43.2 Å². The van der Waals surface area contributed by atoms with Gasteiger partial charge in [0.25, 0.3) is 0 Å². The van der Waals surface area contributed by atoms with Crippen molar-refractivity contribution in [1.29, 1.82) is 0 Å². The quantitative estimate of drug-likeness (QED) is 0.780. The fourth-order valence-electron chi connectivity index (χ4n) is 2.86. The second kappa shape index (κ2) is 4.17. The lowest BCUT2D eigenvalue weighted by atomic mass is 9.98. The maximum atomic E-state index is 11.8. The minimum Gasteiger partial charge on any atom is -0.298 e. The smallest absolute Gasteiger partial charge is 0.162 e. The third-order valence-electron chi connectivity index (χ3n) is 3.74. The number of nitrogens with zero attached hydrogens (tertiary/aromatic N) is 1. The Morgan fingerprint density at radius 3 is 2.56 bits per heavy atom. The average Bonchev–Trinajstić information content (AvgIpc) is 2.47. The van der Waals surface area contributed by atoms with E-state index in [-0.39, 0.29) is 17.5 Å². The predicted molar refractivity (Wildman–Crippen MR) is 67.8 cm³/mol. The van der Waals surface area contributed by atoms with E-state index in [1.807, 2.05) is 30.3 Å². The van der Waals surface area contributed by atoms with Crippen LogP contribution in [0.5, 0.6) is 0 Å². The lowest BCUT2D eigenvalue weighted by Crippen LogP contribution is -2.45. The second-order valence-electron chi connectivity index (χ2n) is 5.10. The van der Waals surface area contributed by atoms with Crippen molar-refractivity contribution < 1.29 is 13.2 Å². The fraction of sp³-hybridized carbons (Fsp3) is 0.462. The van der Waals surface area contributed by atoms with Gasteiger partial charge in [-0.05, 0) is 5.56 Å². The Kier molecular flexibility index (Phi) is 2.75. The molecule has 2 saturated heterocycles. The van der Waals surface area contributed by atoms with Gasteiger partial charge >= 0.3 is 0 Å². The Balaban J connectivity index is 1.78. The summed E-state index contributed by atoms with van der Waals surface area (Å²) in [5.74, 6) is -0.335. The number of benzene rings is 1. The van der Waals surface area contributed by atoms with E-state index in [2.05, 4.69) is 4.90 Å². The van der Waals surface area contributed by atoms with Crippen LogP contribution < -0.4 is 0 Å². The van der Waals surface area contributed by atoms with Gasteiger partial charge in [-0.15, -0.1) is 0 Å². The number of ketones is 1. The first-order valence-electron chi connectivity index (χ1n) is 6.08. The minimum absolute atomic E-state index is 0.0434. The molecule has 2 aliphatic heterocycles. The van der Waals surface area contributed by atoms with E-state index in [4.69, 9.17) is 0 Å². The van der Waals surface area contributed by atoms with Gasteiger partial charge in [0.05, 0.1) is 5.75 Å². The highest BCUT2D eigenvalue weighted by atomic mass is 32.2. The molecule has 3 rings (SSSR count). The van der Waals surface area contributed by atoms with Gasteiger partial charge in [-0.25, -0.2) is 8.42 Å². The van der Waals surface area contributed by atoms with Crippen LogP contribution in [0.1, 0.15) is 5.56 Å². The standard InChI is InChI=1S/C13H15NO3S/c15-13-11-7-14(6-10-4-2-1-3-5-10)8-12(13)18(16,17)9-11/h1-5,11-12H,6-9H2/t11-,12-/m0/s1. The maximum Gasteiger partial charge on any atom is 0.162 e. The van der Waals surface area contributed by atoms with Crippen molar-refractivity contribution in [1.82, 2.24) is 4.90 Å². The molecule has 96 valence electrons. The van der Waals surface area contributed by atoms with Crippen molar-refractivity contribution in [3.63, 3.8) is 0 Å². The maximum absolute atomic E-state index is 11.8. The van der Waals surface area contributed by atoms with Crippen LogP contribution in [0.15, 0.2) is 30.3 Å². The van der Waals surface area contributed by atoms with E-state index in [1.54, 1.807) is 0 Å². The van der Waals surface area contributed by atoms with Crippen molar-refractivity contribution in [2.75, 3.05) is 18.8 Å². The Labute approximate surface area is 107 Å². The van der Waals surface area contributed by atoms with Crippen LogP contribution in [0.4, 0.5) is 0 Å². The van der Waals surface area contributed by atoms with Gasteiger partial charge in [-0.2, -0.15) is 0 Å². The van der Waals surface area contributed by atoms with Crippen LogP contribution in [0.3, 0.4) is 0 Å². The lowest BCUT2D eigenvalue weighted by Gasteiger charge is -2.29. The summed E-state index contributed by atoms with van der Waals surface area (Å²) >= 11 is 0. The van der Waals surface area contributed by atoms with Crippen LogP contribution in [0.2, 0.25) is 0 Å². The van der Waals surface area contributed by atoms with Gasteiger partial charge in [0.2, 0.25) is 0 Å². The molecule has 0 unspecified atom stereocenters. The molecule has 1 aromatic carbocycles. The number of hydrogen-bond acceptors (Lipinski definition) is 4. The molecule has 2 aliphatic rings. The largest absolute Gasteiger partial charge is 0.298 e. The zero-order chi connectivity index (χ0) is 12.8. The van der Waals surface area contributed by atoms with Crippen molar-refractivity contribution >= 4 is 15.6 Å². The predicted octanol–water partition coefficient (Wildman–Crippen LogP) is 0.485. The molecule has 0 spiro atoms. The van der Waals surface area contributed by atoms with Gasteiger partial charge in [0.1, 0.15) is 5.25 Å². The minimum atomic E-state index is -3.19.